The first-order valence-electron chi connectivity index (χ1n) is 7.11. The van der Waals surface area contributed by atoms with Crippen LogP contribution in [0.5, 0.6) is 0 Å². The molecule has 3 fully saturated rings. The standard InChI is InChI=1S/C13H25N3/c1-2-7-16-10-9-15(11-13(16)3-1)8-6-14-12-4-5-12/h12-14H,1-11H2. The van der Waals surface area contributed by atoms with E-state index >= 15 is 0 Å². The second-order valence-electron chi connectivity index (χ2n) is 5.71. The molecule has 1 aliphatic carbocycles. The first kappa shape index (κ1) is 11.0. The van der Waals surface area contributed by atoms with E-state index in [9.17, 15) is 0 Å². The predicted molar refractivity (Wildman–Crippen MR) is 66.7 cm³/mol. The van der Waals surface area contributed by atoms with E-state index in [1.165, 1.54) is 71.4 Å². The van der Waals surface area contributed by atoms with Crippen molar-refractivity contribution >= 4 is 0 Å². The Labute approximate surface area is 99.2 Å². The van der Waals surface area contributed by atoms with Gasteiger partial charge in [-0.15, -0.1) is 0 Å². The van der Waals surface area contributed by atoms with Crippen LogP contribution in [0.15, 0.2) is 0 Å². The summed E-state index contributed by atoms with van der Waals surface area (Å²) in [7, 11) is 0. The van der Waals surface area contributed by atoms with Crippen molar-refractivity contribution in [3.63, 3.8) is 0 Å². The highest BCUT2D eigenvalue weighted by atomic mass is 15.3. The molecule has 0 bridgehead atoms. The van der Waals surface area contributed by atoms with Gasteiger partial charge in [-0.3, -0.25) is 9.80 Å². The van der Waals surface area contributed by atoms with Crippen molar-refractivity contribution in [2.75, 3.05) is 39.3 Å². The maximum Gasteiger partial charge on any atom is 0.0223 e. The van der Waals surface area contributed by atoms with Crippen molar-refractivity contribution in [3.8, 4) is 0 Å². The van der Waals surface area contributed by atoms with Crippen molar-refractivity contribution in [1.29, 1.82) is 0 Å². The van der Waals surface area contributed by atoms with Crippen molar-refractivity contribution in [2.45, 2.75) is 44.2 Å². The Bertz CT molecular complexity index is 227. The summed E-state index contributed by atoms with van der Waals surface area (Å²) in [5.41, 5.74) is 0. The summed E-state index contributed by atoms with van der Waals surface area (Å²) in [6.45, 7) is 7.76. The summed E-state index contributed by atoms with van der Waals surface area (Å²) < 4.78 is 0. The summed E-state index contributed by atoms with van der Waals surface area (Å²) in [5, 5.41) is 3.62. The monoisotopic (exact) mass is 223 g/mol. The van der Waals surface area contributed by atoms with Gasteiger partial charge in [-0.05, 0) is 32.2 Å². The molecule has 0 radical (unpaired) electrons. The number of piperazine rings is 1. The second-order valence-corrected chi connectivity index (χ2v) is 5.71. The zero-order chi connectivity index (χ0) is 10.8. The summed E-state index contributed by atoms with van der Waals surface area (Å²) in [6.07, 6.45) is 7.15. The third-order valence-electron chi connectivity index (χ3n) is 4.36. The van der Waals surface area contributed by atoms with Crippen LogP contribution in [0.3, 0.4) is 0 Å². The van der Waals surface area contributed by atoms with Crippen LogP contribution >= 0.6 is 0 Å². The molecule has 3 nitrogen and oxygen atoms in total. The Hall–Kier alpha value is -0.120. The number of nitrogens with zero attached hydrogens (tertiary/aromatic N) is 2. The number of nitrogens with one attached hydrogen (secondary N) is 1. The van der Waals surface area contributed by atoms with E-state index in [4.69, 9.17) is 0 Å². The molecule has 0 aromatic carbocycles. The molecule has 2 saturated heterocycles. The van der Waals surface area contributed by atoms with Gasteiger partial charge >= 0.3 is 0 Å². The second kappa shape index (κ2) is 5.03. The minimum atomic E-state index is 0.871. The highest BCUT2D eigenvalue weighted by Gasteiger charge is 2.28. The number of piperidine rings is 1. The van der Waals surface area contributed by atoms with E-state index < -0.39 is 0 Å². The summed E-state index contributed by atoms with van der Waals surface area (Å²) >= 11 is 0. The lowest BCUT2D eigenvalue weighted by Gasteiger charge is -2.44. The van der Waals surface area contributed by atoms with Crippen LogP contribution in [0.2, 0.25) is 0 Å². The highest BCUT2D eigenvalue weighted by Crippen LogP contribution is 2.21. The van der Waals surface area contributed by atoms with Crippen molar-refractivity contribution in [3.05, 3.63) is 0 Å². The molecule has 2 aliphatic heterocycles. The first-order valence-corrected chi connectivity index (χ1v) is 7.11. The van der Waals surface area contributed by atoms with Crippen LogP contribution in [0, 0.1) is 0 Å². The van der Waals surface area contributed by atoms with E-state index in [0.29, 0.717) is 0 Å². The minimum Gasteiger partial charge on any atom is -0.313 e. The van der Waals surface area contributed by atoms with Gasteiger partial charge in [0.25, 0.3) is 0 Å². The van der Waals surface area contributed by atoms with E-state index in [-0.39, 0.29) is 0 Å². The van der Waals surface area contributed by atoms with Gasteiger partial charge in [0, 0.05) is 44.8 Å². The summed E-state index contributed by atoms with van der Waals surface area (Å²) in [6, 6.07) is 1.75. The van der Waals surface area contributed by atoms with Gasteiger partial charge in [-0.1, -0.05) is 6.42 Å². The molecule has 2 heterocycles. The molecule has 0 aromatic rings. The van der Waals surface area contributed by atoms with Crippen molar-refractivity contribution in [1.82, 2.24) is 15.1 Å². The number of fused-ring (bicyclic) bond motifs is 1. The Morgan fingerprint density at radius 3 is 2.81 bits per heavy atom. The van der Waals surface area contributed by atoms with Crippen LogP contribution in [0.25, 0.3) is 0 Å². The molecule has 1 atom stereocenters. The molecule has 3 aliphatic rings. The summed E-state index contributed by atoms with van der Waals surface area (Å²) in [5.74, 6) is 0. The first-order chi connectivity index (χ1) is 7.92. The van der Waals surface area contributed by atoms with E-state index in [1.54, 1.807) is 0 Å². The molecule has 0 amide bonds. The maximum atomic E-state index is 3.62. The fourth-order valence-electron chi connectivity index (χ4n) is 3.14. The SMILES string of the molecule is C1CCN2CCN(CCNC3CC3)CC2C1. The van der Waals surface area contributed by atoms with Crippen LogP contribution in [-0.4, -0.2) is 61.2 Å². The Morgan fingerprint density at radius 1 is 1.00 bits per heavy atom. The smallest absolute Gasteiger partial charge is 0.0223 e. The van der Waals surface area contributed by atoms with Gasteiger partial charge in [-0.2, -0.15) is 0 Å². The fourth-order valence-corrected chi connectivity index (χ4v) is 3.14. The topological polar surface area (TPSA) is 18.5 Å². The molecule has 1 N–H and O–H groups in total. The number of hydrogen-bond acceptors (Lipinski definition) is 3. The van der Waals surface area contributed by atoms with Crippen molar-refractivity contribution in [2.24, 2.45) is 0 Å². The van der Waals surface area contributed by atoms with Crippen LogP contribution in [0.1, 0.15) is 32.1 Å². The lowest BCUT2D eigenvalue weighted by Crippen LogP contribution is -2.55. The average molecular weight is 223 g/mol. The van der Waals surface area contributed by atoms with Crippen LogP contribution in [0.4, 0.5) is 0 Å². The van der Waals surface area contributed by atoms with E-state index in [2.05, 4.69) is 15.1 Å². The third-order valence-corrected chi connectivity index (χ3v) is 4.36. The van der Waals surface area contributed by atoms with Crippen LogP contribution < -0.4 is 5.32 Å². The quantitative estimate of drug-likeness (QED) is 0.764. The Morgan fingerprint density at radius 2 is 1.94 bits per heavy atom. The molecule has 3 heteroatoms. The van der Waals surface area contributed by atoms with Gasteiger partial charge in [-0.25, -0.2) is 0 Å². The van der Waals surface area contributed by atoms with Gasteiger partial charge in [0.1, 0.15) is 0 Å². The van der Waals surface area contributed by atoms with Gasteiger partial charge < -0.3 is 5.32 Å². The zero-order valence-electron chi connectivity index (χ0n) is 10.3. The maximum absolute atomic E-state index is 3.62. The normalized spacial score (nSPS) is 32.6. The molecular formula is C13H25N3. The van der Waals surface area contributed by atoms with Gasteiger partial charge in [0.2, 0.25) is 0 Å². The molecule has 1 saturated carbocycles. The molecule has 0 aromatic heterocycles. The predicted octanol–water partition coefficient (Wildman–Crippen LogP) is 0.909. The summed E-state index contributed by atoms with van der Waals surface area (Å²) in [4.78, 5) is 5.39. The van der Waals surface area contributed by atoms with Crippen molar-refractivity contribution < 1.29 is 0 Å². The lowest BCUT2D eigenvalue weighted by molar-refractivity contribution is 0.0499. The van der Waals surface area contributed by atoms with E-state index in [0.717, 1.165) is 12.1 Å². The molecule has 1 unspecified atom stereocenters. The van der Waals surface area contributed by atoms with Crippen LogP contribution in [-0.2, 0) is 0 Å². The Balaban J connectivity index is 1.39. The third kappa shape index (κ3) is 2.76. The van der Waals surface area contributed by atoms with Gasteiger partial charge in [0.05, 0.1) is 0 Å². The molecule has 92 valence electrons. The fraction of sp³-hybridized carbons (Fsp3) is 1.00. The minimum absolute atomic E-state index is 0.871. The molecular weight excluding hydrogens is 198 g/mol. The molecule has 3 rings (SSSR count). The lowest BCUT2D eigenvalue weighted by atomic mass is 9.99. The zero-order valence-corrected chi connectivity index (χ0v) is 10.3. The number of rotatable bonds is 4. The molecule has 0 spiro atoms. The average Bonchev–Trinajstić information content (AvgIpc) is 3.13. The highest BCUT2D eigenvalue weighted by molar-refractivity contribution is 4.86. The van der Waals surface area contributed by atoms with E-state index in [1.807, 2.05) is 0 Å². The Kier molecular flexibility index (Phi) is 3.46. The number of hydrogen-bond donors (Lipinski definition) is 1. The largest absolute Gasteiger partial charge is 0.313 e. The molecule has 16 heavy (non-hydrogen) atoms. The van der Waals surface area contributed by atoms with Gasteiger partial charge in [0.15, 0.2) is 0 Å².